The predicted octanol–water partition coefficient (Wildman–Crippen LogP) is 9.46. The molecular formula is C47H66FN3O3. The molecule has 0 saturated heterocycles. The van der Waals surface area contributed by atoms with Gasteiger partial charge in [0.15, 0.2) is 0 Å². The second-order valence-corrected chi connectivity index (χ2v) is 20.0. The Hall–Kier alpha value is -3.19. The number of allylic oxidation sites excluding steroid dienone is 1. The van der Waals surface area contributed by atoms with Crippen molar-refractivity contribution in [2.45, 2.75) is 125 Å². The minimum Gasteiger partial charge on any atom is -0.393 e. The predicted molar refractivity (Wildman–Crippen MR) is 215 cm³/mol. The number of aliphatic hydroxyl groups is 1. The summed E-state index contributed by atoms with van der Waals surface area (Å²) in [6, 6.07) is 12.4. The minimum absolute atomic E-state index is 0.0414. The molecule has 0 heterocycles. The molecule has 5 aliphatic rings. The van der Waals surface area contributed by atoms with E-state index in [2.05, 4.69) is 58.8 Å². The van der Waals surface area contributed by atoms with Crippen molar-refractivity contribution in [3.05, 3.63) is 77.1 Å². The molecule has 10 atom stereocenters. The van der Waals surface area contributed by atoms with Gasteiger partial charge in [-0.05, 0) is 158 Å². The van der Waals surface area contributed by atoms with E-state index >= 15 is 4.39 Å². The van der Waals surface area contributed by atoms with Crippen LogP contribution in [0.5, 0.6) is 0 Å². The van der Waals surface area contributed by atoms with Crippen molar-refractivity contribution in [3.63, 3.8) is 0 Å². The number of anilines is 1. The number of benzene rings is 2. The number of carbonyl (C=O) groups is 2. The highest BCUT2D eigenvalue weighted by Crippen LogP contribution is 2.77. The van der Waals surface area contributed by atoms with E-state index in [1.807, 2.05) is 43.3 Å². The first-order valence-electron chi connectivity index (χ1n) is 20.8. The van der Waals surface area contributed by atoms with Crippen molar-refractivity contribution in [3.8, 4) is 0 Å². The molecule has 294 valence electrons. The van der Waals surface area contributed by atoms with Gasteiger partial charge in [-0.15, -0.1) is 0 Å². The van der Waals surface area contributed by atoms with E-state index < -0.39 is 11.2 Å². The number of rotatable bonds is 8. The number of hydrogen-bond donors (Lipinski definition) is 3. The molecule has 0 bridgehead atoms. The van der Waals surface area contributed by atoms with Crippen molar-refractivity contribution < 1.29 is 19.1 Å². The third-order valence-corrected chi connectivity index (χ3v) is 17.2. The van der Waals surface area contributed by atoms with Crippen LogP contribution in [-0.4, -0.2) is 37.1 Å². The zero-order valence-corrected chi connectivity index (χ0v) is 34.3. The lowest BCUT2D eigenvalue weighted by molar-refractivity contribution is -0.246. The molecule has 0 spiro atoms. The Morgan fingerprint density at radius 2 is 1.56 bits per heavy atom. The minimum atomic E-state index is -0.511. The van der Waals surface area contributed by atoms with Crippen LogP contribution >= 0.6 is 0 Å². The summed E-state index contributed by atoms with van der Waals surface area (Å²) >= 11 is 0. The Morgan fingerprint density at radius 1 is 0.833 bits per heavy atom. The Labute approximate surface area is 324 Å². The zero-order valence-electron chi connectivity index (χ0n) is 34.3. The largest absolute Gasteiger partial charge is 0.393 e. The summed E-state index contributed by atoms with van der Waals surface area (Å²) in [5.74, 6) is 1.36. The van der Waals surface area contributed by atoms with Gasteiger partial charge >= 0.3 is 0 Å². The van der Waals surface area contributed by atoms with Crippen molar-refractivity contribution in [1.29, 1.82) is 0 Å². The third-order valence-electron chi connectivity index (χ3n) is 17.2. The molecule has 4 unspecified atom stereocenters. The zero-order chi connectivity index (χ0) is 39.0. The lowest BCUT2D eigenvalue weighted by Gasteiger charge is -2.72. The highest BCUT2D eigenvalue weighted by molar-refractivity contribution is 5.94. The average molecular weight is 740 g/mol. The molecule has 7 heteroatoms. The highest BCUT2D eigenvalue weighted by atomic mass is 19.1. The fourth-order valence-corrected chi connectivity index (χ4v) is 13.9. The number of aliphatic hydroxyl groups excluding tert-OH is 1. The highest BCUT2D eigenvalue weighted by Gasteiger charge is 2.71. The number of nitrogens with one attached hydrogen (secondary N) is 2. The molecule has 0 aromatic heterocycles. The Kier molecular flexibility index (Phi) is 9.97. The number of fused-ring (bicyclic) bond motifs is 7. The van der Waals surface area contributed by atoms with Crippen molar-refractivity contribution in [1.82, 2.24) is 10.6 Å². The maximum atomic E-state index is 15.3. The standard InChI is InChI=1S/C47H66FN3O3/c1-29(2)34-18-23-47(42(54)50-28-32-26-31(12-16-36(32)48)41(53)49-27-30-10-13-33(14-11-30)51(8)9)25-24-45(6)35(40(34)47)15-17-38-44(5)21-20-39(52)43(3,4)37(44)19-22-46(38,45)7/h10-14,16,26,34-35,37-40,52H,1,15,17-25,27-28H2,2-9H3,(H,49,53)(H,50,54)/t34-,35?,37?,38?,39-,40?,44-,45+,46+,47-/m0/s1. The first-order chi connectivity index (χ1) is 25.4. The van der Waals surface area contributed by atoms with Crippen LogP contribution in [0.1, 0.15) is 127 Å². The third kappa shape index (κ3) is 5.96. The summed E-state index contributed by atoms with van der Waals surface area (Å²) in [7, 11) is 3.98. The van der Waals surface area contributed by atoms with Crippen LogP contribution in [-0.2, 0) is 17.9 Å². The summed E-state index contributed by atoms with van der Waals surface area (Å²) in [5, 5.41) is 17.3. The van der Waals surface area contributed by atoms with Gasteiger partial charge in [0.1, 0.15) is 5.82 Å². The van der Waals surface area contributed by atoms with E-state index in [0.717, 1.165) is 62.6 Å². The average Bonchev–Trinajstić information content (AvgIpc) is 3.54. The summed E-state index contributed by atoms with van der Waals surface area (Å²) in [4.78, 5) is 29.9. The topological polar surface area (TPSA) is 81.7 Å². The molecule has 6 nitrogen and oxygen atoms in total. The Bertz CT molecular complexity index is 1790. The first-order valence-corrected chi connectivity index (χ1v) is 20.8. The molecule has 7 rings (SSSR count). The smallest absolute Gasteiger partial charge is 0.251 e. The number of amides is 2. The molecule has 2 amide bonds. The quantitative estimate of drug-likeness (QED) is 0.236. The van der Waals surface area contributed by atoms with E-state index in [1.54, 1.807) is 6.07 Å². The number of hydrogen-bond acceptors (Lipinski definition) is 4. The number of nitrogens with zero attached hydrogens (tertiary/aromatic N) is 1. The van der Waals surface area contributed by atoms with Crippen LogP contribution in [0.25, 0.3) is 0 Å². The summed E-state index contributed by atoms with van der Waals surface area (Å²) in [6.07, 6.45) is 10.0. The molecular weight excluding hydrogens is 674 g/mol. The van der Waals surface area contributed by atoms with Gasteiger partial charge in [-0.3, -0.25) is 9.59 Å². The Balaban J connectivity index is 1.09. The molecule has 2 aromatic carbocycles. The van der Waals surface area contributed by atoms with Gasteiger partial charge in [-0.1, -0.05) is 58.9 Å². The molecule has 0 aliphatic heterocycles. The SMILES string of the molecule is C=C(C)[C@@H]1CC[C@]2(C(=O)NCc3cc(C(=O)NCc4ccc(N(C)C)cc4)ccc3F)CC[C@]3(C)C(CCC4[C@@]5(C)CC[C@H](O)C(C)(C)C5CC[C@]43C)C12. The molecule has 5 aliphatic carbocycles. The maximum absolute atomic E-state index is 15.3. The second kappa shape index (κ2) is 13.8. The van der Waals surface area contributed by atoms with E-state index in [4.69, 9.17) is 0 Å². The first kappa shape index (κ1) is 39.1. The van der Waals surface area contributed by atoms with E-state index in [0.29, 0.717) is 41.3 Å². The lowest BCUT2D eigenvalue weighted by atomic mass is 9.32. The second-order valence-electron chi connectivity index (χ2n) is 20.0. The normalized spacial score (nSPS) is 37.9. The molecule has 3 N–H and O–H groups in total. The van der Waals surface area contributed by atoms with E-state index in [1.165, 1.54) is 30.5 Å². The van der Waals surface area contributed by atoms with Gasteiger partial charge in [0.05, 0.1) is 11.5 Å². The molecule has 2 aromatic rings. The summed E-state index contributed by atoms with van der Waals surface area (Å²) in [5.41, 5.74) is 3.81. The molecule has 0 radical (unpaired) electrons. The van der Waals surface area contributed by atoms with Crippen LogP contribution in [0.15, 0.2) is 54.6 Å². The molecule has 5 fully saturated rings. The van der Waals surface area contributed by atoms with Gasteiger partial charge < -0.3 is 20.6 Å². The molecule has 5 saturated carbocycles. The lowest BCUT2D eigenvalue weighted by Crippen LogP contribution is -2.67. The van der Waals surface area contributed by atoms with E-state index in [-0.39, 0.29) is 52.0 Å². The monoisotopic (exact) mass is 740 g/mol. The van der Waals surface area contributed by atoms with Crippen LogP contribution in [0.3, 0.4) is 0 Å². The fourth-order valence-electron chi connectivity index (χ4n) is 13.9. The van der Waals surface area contributed by atoms with Gasteiger partial charge in [-0.2, -0.15) is 0 Å². The Morgan fingerprint density at radius 3 is 2.24 bits per heavy atom. The van der Waals surface area contributed by atoms with Crippen LogP contribution in [0.4, 0.5) is 10.1 Å². The molecule has 54 heavy (non-hydrogen) atoms. The van der Waals surface area contributed by atoms with Crippen molar-refractivity contribution in [2.75, 3.05) is 19.0 Å². The maximum Gasteiger partial charge on any atom is 0.251 e. The van der Waals surface area contributed by atoms with Crippen LogP contribution in [0, 0.1) is 62.5 Å². The summed E-state index contributed by atoms with van der Waals surface area (Å²) in [6.45, 7) is 19.4. The van der Waals surface area contributed by atoms with Gasteiger partial charge in [0.25, 0.3) is 5.91 Å². The number of carbonyl (C=O) groups excluding carboxylic acids is 2. The van der Waals surface area contributed by atoms with Crippen molar-refractivity contribution >= 4 is 17.5 Å². The number of halogens is 1. The van der Waals surface area contributed by atoms with E-state index in [9.17, 15) is 14.7 Å². The fraction of sp³-hybridized carbons (Fsp3) is 0.660. The summed E-state index contributed by atoms with van der Waals surface area (Å²) < 4.78 is 15.3. The van der Waals surface area contributed by atoms with Crippen molar-refractivity contribution in [2.24, 2.45) is 56.7 Å². The van der Waals surface area contributed by atoms with Gasteiger partial charge in [-0.25, -0.2) is 4.39 Å². The van der Waals surface area contributed by atoms with Gasteiger partial charge in [0.2, 0.25) is 5.91 Å². The van der Waals surface area contributed by atoms with Crippen LogP contribution < -0.4 is 15.5 Å². The van der Waals surface area contributed by atoms with Crippen LogP contribution in [0.2, 0.25) is 0 Å². The van der Waals surface area contributed by atoms with Gasteiger partial charge in [0, 0.05) is 44.0 Å².